The van der Waals surface area contributed by atoms with Crippen molar-refractivity contribution in [3.8, 4) is 0 Å². The number of nitrogens with zero attached hydrogens (tertiary/aromatic N) is 1. The van der Waals surface area contributed by atoms with Crippen molar-refractivity contribution in [3.05, 3.63) is 12.7 Å². The maximum absolute atomic E-state index is 5.95. The van der Waals surface area contributed by atoms with Crippen LogP contribution in [0.4, 0.5) is 0 Å². The highest BCUT2D eigenvalue weighted by molar-refractivity contribution is 4.87. The zero-order chi connectivity index (χ0) is 11.5. The molecule has 0 aliphatic heterocycles. The molecule has 1 aliphatic rings. The van der Waals surface area contributed by atoms with Gasteiger partial charge in [0.15, 0.2) is 0 Å². The van der Waals surface area contributed by atoms with Gasteiger partial charge in [-0.25, -0.2) is 0 Å². The second-order valence-corrected chi connectivity index (χ2v) is 5.80. The van der Waals surface area contributed by atoms with Gasteiger partial charge in [-0.3, -0.25) is 4.90 Å². The van der Waals surface area contributed by atoms with Crippen molar-refractivity contribution in [2.75, 3.05) is 13.1 Å². The molecular weight excluding hydrogens is 184 g/mol. The van der Waals surface area contributed by atoms with Crippen LogP contribution in [-0.4, -0.2) is 29.6 Å². The Balaban J connectivity index is 2.47. The lowest BCUT2D eigenvalue weighted by Crippen LogP contribution is -2.44. The monoisotopic (exact) mass is 210 g/mol. The minimum atomic E-state index is 0.237. The molecule has 1 aliphatic carbocycles. The lowest BCUT2D eigenvalue weighted by molar-refractivity contribution is 0.129. The van der Waals surface area contributed by atoms with Crippen molar-refractivity contribution < 1.29 is 0 Å². The molecule has 0 heterocycles. The van der Waals surface area contributed by atoms with Gasteiger partial charge in [-0.1, -0.05) is 6.08 Å². The second-order valence-electron chi connectivity index (χ2n) is 5.80. The predicted octanol–water partition coefficient (Wildman–Crippen LogP) is 2.40. The van der Waals surface area contributed by atoms with E-state index in [-0.39, 0.29) is 5.54 Å². The van der Waals surface area contributed by atoms with Crippen LogP contribution in [0.15, 0.2) is 12.7 Å². The molecule has 2 unspecified atom stereocenters. The summed E-state index contributed by atoms with van der Waals surface area (Å²) in [6, 6.07) is 0.445. The van der Waals surface area contributed by atoms with Gasteiger partial charge in [0.2, 0.25) is 0 Å². The summed E-state index contributed by atoms with van der Waals surface area (Å²) in [6.45, 7) is 12.8. The third-order valence-electron chi connectivity index (χ3n) is 3.36. The summed E-state index contributed by atoms with van der Waals surface area (Å²) in [7, 11) is 0. The van der Waals surface area contributed by atoms with Crippen molar-refractivity contribution in [2.24, 2.45) is 11.7 Å². The molecule has 2 atom stereocenters. The van der Waals surface area contributed by atoms with Crippen LogP contribution in [-0.2, 0) is 0 Å². The van der Waals surface area contributed by atoms with Gasteiger partial charge >= 0.3 is 0 Å². The Bertz CT molecular complexity index is 205. The van der Waals surface area contributed by atoms with Gasteiger partial charge in [0, 0.05) is 24.7 Å². The van der Waals surface area contributed by atoms with E-state index in [0.29, 0.717) is 6.04 Å². The summed E-state index contributed by atoms with van der Waals surface area (Å²) < 4.78 is 0. The zero-order valence-electron chi connectivity index (χ0n) is 10.5. The van der Waals surface area contributed by atoms with Gasteiger partial charge in [-0.15, -0.1) is 6.58 Å². The summed E-state index contributed by atoms with van der Waals surface area (Å²) in [5, 5.41) is 0. The first-order valence-corrected chi connectivity index (χ1v) is 6.05. The standard InChI is InChI=1S/C13H26N2/c1-5-8-15(13(2,3)4)10-11-6-7-12(14)9-11/h5,11-12H,1,6-10,14H2,2-4H3. The molecule has 1 saturated carbocycles. The quantitative estimate of drug-likeness (QED) is 0.722. The molecule has 15 heavy (non-hydrogen) atoms. The highest BCUT2D eigenvalue weighted by atomic mass is 15.2. The van der Waals surface area contributed by atoms with E-state index in [4.69, 9.17) is 5.73 Å². The minimum absolute atomic E-state index is 0.237. The van der Waals surface area contributed by atoms with Crippen LogP contribution in [0.5, 0.6) is 0 Å². The molecule has 88 valence electrons. The summed E-state index contributed by atoms with van der Waals surface area (Å²) in [6.07, 6.45) is 5.70. The molecule has 0 spiro atoms. The third-order valence-corrected chi connectivity index (χ3v) is 3.36. The van der Waals surface area contributed by atoms with E-state index >= 15 is 0 Å². The molecule has 0 aromatic rings. The molecule has 1 fully saturated rings. The molecule has 1 rings (SSSR count). The van der Waals surface area contributed by atoms with Gasteiger partial charge in [0.25, 0.3) is 0 Å². The first kappa shape index (κ1) is 12.7. The van der Waals surface area contributed by atoms with E-state index in [9.17, 15) is 0 Å². The topological polar surface area (TPSA) is 29.3 Å². The van der Waals surface area contributed by atoms with Crippen LogP contribution < -0.4 is 5.73 Å². The van der Waals surface area contributed by atoms with Crippen LogP contribution in [0.1, 0.15) is 40.0 Å². The second kappa shape index (κ2) is 5.13. The molecule has 0 saturated heterocycles. The van der Waals surface area contributed by atoms with Crippen LogP contribution >= 0.6 is 0 Å². The van der Waals surface area contributed by atoms with E-state index in [1.807, 2.05) is 6.08 Å². The minimum Gasteiger partial charge on any atom is -0.328 e. The lowest BCUT2D eigenvalue weighted by atomic mass is 10.0. The molecule has 0 radical (unpaired) electrons. The lowest BCUT2D eigenvalue weighted by Gasteiger charge is -2.36. The summed E-state index contributed by atoms with van der Waals surface area (Å²) >= 11 is 0. The fourth-order valence-corrected chi connectivity index (χ4v) is 2.37. The first-order valence-electron chi connectivity index (χ1n) is 6.05. The molecule has 0 amide bonds. The molecule has 2 heteroatoms. The van der Waals surface area contributed by atoms with Crippen LogP contribution in [0.3, 0.4) is 0 Å². The summed E-state index contributed by atoms with van der Waals surface area (Å²) in [5.41, 5.74) is 6.18. The molecule has 0 aromatic carbocycles. The summed E-state index contributed by atoms with van der Waals surface area (Å²) in [5.74, 6) is 0.791. The van der Waals surface area contributed by atoms with Crippen LogP contribution in [0, 0.1) is 5.92 Å². The first-order chi connectivity index (χ1) is 6.93. The molecule has 0 aromatic heterocycles. The Morgan fingerprint density at radius 1 is 1.40 bits per heavy atom. The predicted molar refractivity (Wildman–Crippen MR) is 66.8 cm³/mol. The van der Waals surface area contributed by atoms with Gasteiger partial charge in [-0.05, 0) is 46.0 Å². The van der Waals surface area contributed by atoms with Gasteiger partial charge in [-0.2, -0.15) is 0 Å². The highest BCUT2D eigenvalue weighted by Gasteiger charge is 2.27. The SMILES string of the molecule is C=CCN(CC1CCC(N)C1)C(C)(C)C. The maximum atomic E-state index is 5.95. The van der Waals surface area contributed by atoms with Crippen molar-refractivity contribution in [1.29, 1.82) is 0 Å². The van der Waals surface area contributed by atoms with Gasteiger partial charge in [0.1, 0.15) is 0 Å². The molecular formula is C13H26N2. The van der Waals surface area contributed by atoms with Gasteiger partial charge in [0.05, 0.1) is 0 Å². The zero-order valence-corrected chi connectivity index (χ0v) is 10.5. The largest absolute Gasteiger partial charge is 0.328 e. The van der Waals surface area contributed by atoms with Crippen molar-refractivity contribution in [1.82, 2.24) is 4.90 Å². The van der Waals surface area contributed by atoms with Crippen molar-refractivity contribution >= 4 is 0 Å². The van der Waals surface area contributed by atoms with Crippen LogP contribution in [0.2, 0.25) is 0 Å². The van der Waals surface area contributed by atoms with E-state index in [1.54, 1.807) is 0 Å². The Labute approximate surface area is 94.5 Å². The fraction of sp³-hybridized carbons (Fsp3) is 0.846. The Morgan fingerprint density at radius 3 is 2.47 bits per heavy atom. The average molecular weight is 210 g/mol. The highest BCUT2D eigenvalue weighted by Crippen LogP contribution is 2.27. The smallest absolute Gasteiger partial charge is 0.0165 e. The Morgan fingerprint density at radius 2 is 2.07 bits per heavy atom. The molecule has 0 bridgehead atoms. The van der Waals surface area contributed by atoms with E-state index in [1.165, 1.54) is 25.8 Å². The van der Waals surface area contributed by atoms with Crippen molar-refractivity contribution in [2.45, 2.75) is 51.6 Å². The number of nitrogens with two attached hydrogens (primary N) is 1. The number of hydrogen-bond acceptors (Lipinski definition) is 2. The fourth-order valence-electron chi connectivity index (χ4n) is 2.37. The van der Waals surface area contributed by atoms with Crippen LogP contribution in [0.25, 0.3) is 0 Å². The maximum Gasteiger partial charge on any atom is 0.0165 e. The Hall–Kier alpha value is -0.340. The average Bonchev–Trinajstić information content (AvgIpc) is 2.49. The van der Waals surface area contributed by atoms with Crippen molar-refractivity contribution in [3.63, 3.8) is 0 Å². The third kappa shape index (κ3) is 3.96. The molecule has 2 nitrogen and oxygen atoms in total. The van der Waals surface area contributed by atoms with E-state index in [0.717, 1.165) is 12.5 Å². The van der Waals surface area contributed by atoms with E-state index < -0.39 is 0 Å². The summed E-state index contributed by atoms with van der Waals surface area (Å²) in [4.78, 5) is 2.50. The van der Waals surface area contributed by atoms with Gasteiger partial charge < -0.3 is 5.73 Å². The number of rotatable bonds is 4. The Kier molecular flexibility index (Phi) is 4.35. The van der Waals surface area contributed by atoms with E-state index in [2.05, 4.69) is 32.3 Å². The number of hydrogen-bond donors (Lipinski definition) is 1. The normalized spacial score (nSPS) is 27.3. The molecule has 2 N–H and O–H groups in total.